The maximum absolute atomic E-state index is 12.5. The molecule has 33 heavy (non-hydrogen) atoms. The van der Waals surface area contributed by atoms with Gasteiger partial charge in [0.15, 0.2) is 11.9 Å². The van der Waals surface area contributed by atoms with Crippen molar-refractivity contribution in [1.82, 2.24) is 4.72 Å². The van der Waals surface area contributed by atoms with Crippen LogP contribution in [-0.4, -0.2) is 31.9 Å². The van der Waals surface area contributed by atoms with Crippen molar-refractivity contribution in [2.75, 3.05) is 11.9 Å². The summed E-state index contributed by atoms with van der Waals surface area (Å²) >= 11 is 0. The molecule has 3 aromatic carbocycles. The van der Waals surface area contributed by atoms with Crippen molar-refractivity contribution in [3.05, 3.63) is 94.5 Å². The molecular formula is C23H23N3O6S. The number of amides is 1. The molecule has 0 spiro atoms. The number of sulfonamides is 1. The van der Waals surface area contributed by atoms with Crippen LogP contribution in [0.1, 0.15) is 12.5 Å². The van der Waals surface area contributed by atoms with Crippen LogP contribution in [-0.2, 0) is 21.2 Å². The molecule has 1 atom stereocenters. The number of anilines is 1. The molecule has 10 heteroatoms. The van der Waals surface area contributed by atoms with Gasteiger partial charge in [-0.05, 0) is 49.2 Å². The molecule has 0 saturated carbocycles. The predicted molar refractivity (Wildman–Crippen MR) is 124 cm³/mol. The molecule has 172 valence electrons. The minimum atomic E-state index is -3.70. The number of hydrogen-bond donors (Lipinski definition) is 2. The average molecular weight is 470 g/mol. The Labute approximate surface area is 191 Å². The lowest BCUT2D eigenvalue weighted by Crippen LogP contribution is -2.30. The van der Waals surface area contributed by atoms with E-state index in [1.165, 1.54) is 49.4 Å². The highest BCUT2D eigenvalue weighted by atomic mass is 32.2. The summed E-state index contributed by atoms with van der Waals surface area (Å²) in [6.07, 6.45) is -0.458. The lowest BCUT2D eigenvalue weighted by Gasteiger charge is -2.15. The molecule has 0 bridgehead atoms. The van der Waals surface area contributed by atoms with Gasteiger partial charge in [-0.15, -0.1) is 0 Å². The zero-order valence-electron chi connectivity index (χ0n) is 17.8. The first-order valence-corrected chi connectivity index (χ1v) is 11.6. The first kappa shape index (κ1) is 23.9. The maximum Gasteiger partial charge on any atom is 0.310 e. The Bertz CT molecular complexity index is 1210. The molecule has 0 radical (unpaired) electrons. The Morgan fingerprint density at radius 2 is 1.64 bits per heavy atom. The summed E-state index contributed by atoms with van der Waals surface area (Å²) in [4.78, 5) is 23.0. The highest BCUT2D eigenvalue weighted by Crippen LogP contribution is 2.27. The van der Waals surface area contributed by atoms with Gasteiger partial charge in [0.25, 0.3) is 5.91 Å². The normalized spacial score (nSPS) is 12.0. The van der Waals surface area contributed by atoms with Gasteiger partial charge >= 0.3 is 5.69 Å². The Morgan fingerprint density at radius 1 is 1.00 bits per heavy atom. The summed E-state index contributed by atoms with van der Waals surface area (Å²) in [6, 6.07) is 21.0. The van der Waals surface area contributed by atoms with Crippen molar-refractivity contribution in [3.63, 3.8) is 0 Å². The van der Waals surface area contributed by atoms with Crippen molar-refractivity contribution in [1.29, 1.82) is 0 Å². The van der Waals surface area contributed by atoms with Gasteiger partial charge in [-0.25, -0.2) is 13.1 Å². The summed E-state index contributed by atoms with van der Waals surface area (Å²) in [7, 11) is -3.70. The molecule has 9 nitrogen and oxygen atoms in total. The Hall–Kier alpha value is -3.76. The fourth-order valence-corrected chi connectivity index (χ4v) is 4.00. The summed E-state index contributed by atoms with van der Waals surface area (Å²) < 4.78 is 33.0. The minimum absolute atomic E-state index is 0.0202. The molecule has 2 N–H and O–H groups in total. The first-order valence-electron chi connectivity index (χ1n) is 10.1. The van der Waals surface area contributed by atoms with E-state index in [2.05, 4.69) is 10.0 Å². The van der Waals surface area contributed by atoms with E-state index >= 15 is 0 Å². The van der Waals surface area contributed by atoms with E-state index in [9.17, 15) is 23.3 Å². The van der Waals surface area contributed by atoms with Crippen LogP contribution in [0.3, 0.4) is 0 Å². The van der Waals surface area contributed by atoms with Crippen molar-refractivity contribution in [2.45, 2.75) is 24.3 Å². The zero-order chi connectivity index (χ0) is 23.8. The van der Waals surface area contributed by atoms with Gasteiger partial charge in [-0.1, -0.05) is 42.5 Å². The number of nitrogens with zero attached hydrogens (tertiary/aromatic N) is 1. The number of nitro groups is 1. The van der Waals surface area contributed by atoms with Gasteiger partial charge in [-0.3, -0.25) is 14.9 Å². The quantitative estimate of drug-likeness (QED) is 0.345. The SMILES string of the molecule is CC(Oc1ccccc1[N+](=O)[O-])C(=O)Nc1ccc(S(=O)(=O)NCCc2ccccc2)cc1. The summed E-state index contributed by atoms with van der Waals surface area (Å²) in [5.41, 5.74) is 1.14. The van der Waals surface area contributed by atoms with Crippen LogP contribution in [0.15, 0.2) is 83.8 Å². The number of carbonyl (C=O) groups excluding carboxylic acids is 1. The van der Waals surface area contributed by atoms with E-state index < -0.39 is 27.0 Å². The van der Waals surface area contributed by atoms with Crippen LogP contribution in [0.25, 0.3) is 0 Å². The number of nitro benzene ring substituents is 1. The minimum Gasteiger partial charge on any atom is -0.474 e. The molecular weight excluding hydrogens is 446 g/mol. The second-order valence-electron chi connectivity index (χ2n) is 7.13. The molecule has 3 rings (SSSR count). The lowest BCUT2D eigenvalue weighted by molar-refractivity contribution is -0.386. The fourth-order valence-electron chi connectivity index (χ4n) is 2.97. The monoisotopic (exact) mass is 469 g/mol. The molecule has 0 aliphatic carbocycles. The van der Waals surface area contributed by atoms with Crippen LogP contribution in [0, 0.1) is 10.1 Å². The lowest BCUT2D eigenvalue weighted by atomic mass is 10.2. The van der Waals surface area contributed by atoms with E-state index in [-0.39, 0.29) is 22.9 Å². The predicted octanol–water partition coefficient (Wildman–Crippen LogP) is 3.52. The molecule has 1 amide bonds. The van der Waals surface area contributed by atoms with E-state index in [0.29, 0.717) is 12.1 Å². The van der Waals surface area contributed by atoms with Gasteiger partial charge in [0.05, 0.1) is 9.82 Å². The zero-order valence-corrected chi connectivity index (χ0v) is 18.6. The number of rotatable bonds is 10. The van der Waals surface area contributed by atoms with Crippen LogP contribution in [0.2, 0.25) is 0 Å². The Balaban J connectivity index is 1.57. The first-order chi connectivity index (χ1) is 15.8. The van der Waals surface area contributed by atoms with Gasteiger partial charge in [0, 0.05) is 18.3 Å². The molecule has 0 fully saturated rings. The highest BCUT2D eigenvalue weighted by Gasteiger charge is 2.21. The number of ether oxygens (including phenoxy) is 1. The van der Waals surface area contributed by atoms with Gasteiger partial charge < -0.3 is 10.1 Å². The topological polar surface area (TPSA) is 128 Å². The van der Waals surface area contributed by atoms with Crippen molar-refractivity contribution in [2.24, 2.45) is 0 Å². The number of benzene rings is 3. The molecule has 0 aliphatic rings. The van der Waals surface area contributed by atoms with E-state index in [1.807, 2.05) is 30.3 Å². The van der Waals surface area contributed by atoms with Crippen molar-refractivity contribution >= 4 is 27.3 Å². The van der Waals surface area contributed by atoms with E-state index in [4.69, 9.17) is 4.74 Å². The third-order valence-electron chi connectivity index (χ3n) is 4.72. The molecule has 0 heterocycles. The van der Waals surface area contributed by atoms with Crippen molar-refractivity contribution < 1.29 is 22.9 Å². The number of hydrogen-bond acceptors (Lipinski definition) is 6. The molecule has 0 aromatic heterocycles. The molecule has 0 aliphatic heterocycles. The second kappa shape index (κ2) is 10.7. The molecule has 3 aromatic rings. The third kappa shape index (κ3) is 6.61. The third-order valence-corrected chi connectivity index (χ3v) is 6.19. The van der Waals surface area contributed by atoms with Gasteiger partial charge in [-0.2, -0.15) is 0 Å². The maximum atomic E-state index is 12.5. The number of carbonyl (C=O) groups is 1. The van der Waals surface area contributed by atoms with Crippen LogP contribution >= 0.6 is 0 Å². The van der Waals surface area contributed by atoms with E-state index in [0.717, 1.165) is 5.56 Å². The second-order valence-corrected chi connectivity index (χ2v) is 8.90. The molecule has 1 unspecified atom stereocenters. The molecule has 0 saturated heterocycles. The van der Waals surface area contributed by atoms with Crippen LogP contribution < -0.4 is 14.8 Å². The van der Waals surface area contributed by atoms with Gasteiger partial charge in [0.2, 0.25) is 10.0 Å². The standard InChI is InChI=1S/C23H23N3O6S/c1-17(32-22-10-6-5-9-21(22)26(28)29)23(27)25-19-11-13-20(14-12-19)33(30,31)24-16-15-18-7-3-2-4-8-18/h2-14,17,24H,15-16H2,1H3,(H,25,27). The summed E-state index contributed by atoms with van der Waals surface area (Å²) in [5.74, 6) is -0.557. The Kier molecular flexibility index (Phi) is 7.75. The number of nitrogens with one attached hydrogen (secondary N) is 2. The van der Waals surface area contributed by atoms with Crippen LogP contribution in [0.4, 0.5) is 11.4 Å². The Morgan fingerprint density at radius 3 is 2.30 bits per heavy atom. The largest absolute Gasteiger partial charge is 0.474 e. The van der Waals surface area contributed by atoms with Crippen LogP contribution in [0.5, 0.6) is 5.75 Å². The highest BCUT2D eigenvalue weighted by molar-refractivity contribution is 7.89. The summed E-state index contributed by atoms with van der Waals surface area (Å²) in [6.45, 7) is 1.72. The smallest absolute Gasteiger partial charge is 0.310 e. The average Bonchev–Trinajstić information content (AvgIpc) is 2.80. The van der Waals surface area contributed by atoms with E-state index in [1.54, 1.807) is 6.07 Å². The fraction of sp³-hybridized carbons (Fsp3) is 0.174. The number of para-hydroxylation sites is 2. The van der Waals surface area contributed by atoms with Crippen molar-refractivity contribution in [3.8, 4) is 5.75 Å². The summed E-state index contributed by atoms with van der Waals surface area (Å²) in [5, 5.41) is 13.7. The van der Waals surface area contributed by atoms with Gasteiger partial charge in [0.1, 0.15) is 0 Å².